The number of hydrogen-bond acceptors (Lipinski definition) is 7. The molecule has 8 nitrogen and oxygen atoms in total. The van der Waals surface area contributed by atoms with Crippen LogP contribution in [0.4, 0.5) is 16.5 Å². The van der Waals surface area contributed by atoms with E-state index in [-0.39, 0.29) is 11.9 Å². The number of nitrogen functional groups attached to an aromatic ring is 1. The molecule has 9 heteroatoms. The predicted octanol–water partition coefficient (Wildman–Crippen LogP) is 2.74. The molecule has 0 saturated carbocycles. The Balaban J connectivity index is 1.63. The summed E-state index contributed by atoms with van der Waals surface area (Å²) in [6, 6.07) is 2.28. The van der Waals surface area contributed by atoms with Gasteiger partial charge in [0.1, 0.15) is 16.3 Å². The Hall–Kier alpha value is -2.65. The van der Waals surface area contributed by atoms with E-state index >= 15 is 0 Å². The molecule has 0 radical (unpaired) electrons. The number of amides is 1. The van der Waals surface area contributed by atoms with E-state index < -0.39 is 0 Å². The van der Waals surface area contributed by atoms with Crippen molar-refractivity contribution in [1.29, 1.82) is 0 Å². The molecule has 0 aliphatic carbocycles. The van der Waals surface area contributed by atoms with Crippen molar-refractivity contribution in [2.24, 2.45) is 12.8 Å². The van der Waals surface area contributed by atoms with Gasteiger partial charge >= 0.3 is 0 Å². The van der Waals surface area contributed by atoms with Crippen LogP contribution in [-0.4, -0.2) is 39.8 Å². The molecule has 1 fully saturated rings. The number of nitrogens with one attached hydrogen (secondary N) is 1. The van der Waals surface area contributed by atoms with Gasteiger partial charge in [0.15, 0.2) is 5.82 Å². The van der Waals surface area contributed by atoms with Gasteiger partial charge in [-0.3, -0.25) is 14.5 Å². The summed E-state index contributed by atoms with van der Waals surface area (Å²) in [7, 11) is 1.89. The smallest absolute Gasteiger partial charge is 0.261 e. The number of carbonyl (C=O) groups is 1. The molecule has 0 aromatic carbocycles. The number of carbonyl (C=O) groups excluding carboxylic acids is 1. The number of aryl methyl sites for hydroxylation is 2. The van der Waals surface area contributed by atoms with Crippen molar-refractivity contribution in [2.45, 2.75) is 38.6 Å². The van der Waals surface area contributed by atoms with Crippen LogP contribution >= 0.6 is 11.3 Å². The van der Waals surface area contributed by atoms with Crippen LogP contribution in [0.3, 0.4) is 0 Å². The number of thiophene rings is 1. The lowest BCUT2D eigenvalue weighted by Crippen LogP contribution is -2.29. The minimum Gasteiger partial charge on any atom is -0.390 e. The Morgan fingerprint density at radius 3 is 2.97 bits per heavy atom. The molecule has 1 atom stereocenters. The standard InChI is InChI=1S/C20H27N7OS/c1-3-12-9-15-17(23-10-12)16(18(22)29-15)19(28)25-14-11-24-26(2)20(14)27-7-4-5-13(21)6-8-27/h9-11,13H,3-8,21-22H2,1-2H3,(H,25,28)/t13-/m1/s1. The van der Waals surface area contributed by atoms with Crippen LogP contribution in [0.25, 0.3) is 10.2 Å². The number of rotatable bonds is 4. The minimum atomic E-state index is -0.258. The average molecular weight is 414 g/mol. The summed E-state index contributed by atoms with van der Waals surface area (Å²) in [5, 5.41) is 7.86. The zero-order valence-corrected chi connectivity index (χ0v) is 17.6. The van der Waals surface area contributed by atoms with E-state index in [1.54, 1.807) is 17.1 Å². The summed E-state index contributed by atoms with van der Waals surface area (Å²) < 4.78 is 2.73. The van der Waals surface area contributed by atoms with Crippen LogP contribution in [0.5, 0.6) is 0 Å². The fourth-order valence-corrected chi connectivity index (χ4v) is 4.85. The van der Waals surface area contributed by atoms with Crippen molar-refractivity contribution in [2.75, 3.05) is 29.0 Å². The lowest BCUT2D eigenvalue weighted by molar-refractivity contribution is 0.102. The van der Waals surface area contributed by atoms with Crippen molar-refractivity contribution in [3.8, 4) is 0 Å². The number of hydrogen-bond donors (Lipinski definition) is 3. The lowest BCUT2D eigenvalue weighted by Gasteiger charge is -2.24. The van der Waals surface area contributed by atoms with Gasteiger partial charge < -0.3 is 21.7 Å². The molecule has 4 rings (SSSR count). The molecule has 3 aromatic heterocycles. The Bertz CT molecular complexity index is 1040. The number of fused-ring (bicyclic) bond motifs is 1. The number of nitrogens with zero attached hydrogens (tertiary/aromatic N) is 4. The van der Waals surface area contributed by atoms with E-state index in [0.717, 1.165) is 54.9 Å². The highest BCUT2D eigenvalue weighted by molar-refractivity contribution is 7.23. The molecule has 4 heterocycles. The van der Waals surface area contributed by atoms with Gasteiger partial charge in [0, 0.05) is 32.4 Å². The molecular formula is C20H27N7OS. The first-order valence-corrected chi connectivity index (χ1v) is 10.8. The average Bonchev–Trinajstić information content (AvgIpc) is 3.13. The topological polar surface area (TPSA) is 115 Å². The molecular weight excluding hydrogens is 386 g/mol. The van der Waals surface area contributed by atoms with Gasteiger partial charge in [-0.25, -0.2) is 0 Å². The van der Waals surface area contributed by atoms with Gasteiger partial charge in [0.25, 0.3) is 5.91 Å². The maximum absolute atomic E-state index is 13.1. The number of anilines is 3. The van der Waals surface area contributed by atoms with E-state index in [1.165, 1.54) is 11.3 Å². The summed E-state index contributed by atoms with van der Waals surface area (Å²) in [5.74, 6) is 0.637. The van der Waals surface area contributed by atoms with Crippen LogP contribution < -0.4 is 21.7 Å². The van der Waals surface area contributed by atoms with Crippen LogP contribution in [0.2, 0.25) is 0 Å². The summed E-state index contributed by atoms with van der Waals surface area (Å²) in [6.45, 7) is 3.81. The predicted molar refractivity (Wildman–Crippen MR) is 119 cm³/mol. The van der Waals surface area contributed by atoms with Crippen molar-refractivity contribution in [3.63, 3.8) is 0 Å². The second kappa shape index (κ2) is 8.00. The molecule has 1 saturated heterocycles. The van der Waals surface area contributed by atoms with E-state index in [2.05, 4.69) is 33.3 Å². The molecule has 0 spiro atoms. The Labute approximate surface area is 173 Å². The number of nitrogens with two attached hydrogens (primary N) is 2. The van der Waals surface area contributed by atoms with E-state index in [0.29, 0.717) is 21.8 Å². The van der Waals surface area contributed by atoms with Crippen LogP contribution in [-0.2, 0) is 13.5 Å². The van der Waals surface area contributed by atoms with Gasteiger partial charge in [-0.1, -0.05) is 6.92 Å². The van der Waals surface area contributed by atoms with Crippen molar-refractivity contribution in [3.05, 3.63) is 29.6 Å². The molecule has 29 heavy (non-hydrogen) atoms. The van der Waals surface area contributed by atoms with Gasteiger partial charge in [-0.2, -0.15) is 5.10 Å². The Morgan fingerprint density at radius 2 is 2.17 bits per heavy atom. The van der Waals surface area contributed by atoms with Crippen molar-refractivity contribution < 1.29 is 4.79 Å². The van der Waals surface area contributed by atoms with Crippen LogP contribution in [0.1, 0.15) is 42.1 Å². The van der Waals surface area contributed by atoms with Crippen molar-refractivity contribution in [1.82, 2.24) is 14.8 Å². The maximum atomic E-state index is 13.1. The van der Waals surface area contributed by atoms with Gasteiger partial charge in [-0.15, -0.1) is 11.3 Å². The van der Waals surface area contributed by atoms with E-state index in [9.17, 15) is 4.79 Å². The molecule has 5 N–H and O–H groups in total. The normalized spacial score (nSPS) is 17.5. The van der Waals surface area contributed by atoms with Crippen LogP contribution in [0.15, 0.2) is 18.5 Å². The third-order valence-corrected chi connectivity index (χ3v) is 6.43. The second-order valence-electron chi connectivity index (χ2n) is 7.52. The first-order chi connectivity index (χ1) is 14.0. The Morgan fingerprint density at radius 1 is 1.34 bits per heavy atom. The van der Waals surface area contributed by atoms with E-state index in [1.807, 2.05) is 7.05 Å². The van der Waals surface area contributed by atoms with E-state index in [4.69, 9.17) is 11.5 Å². The summed E-state index contributed by atoms with van der Waals surface area (Å²) in [4.78, 5) is 19.9. The zero-order chi connectivity index (χ0) is 20.5. The monoisotopic (exact) mass is 413 g/mol. The Kier molecular flexibility index (Phi) is 5.42. The highest BCUT2D eigenvalue weighted by atomic mass is 32.1. The van der Waals surface area contributed by atoms with Gasteiger partial charge in [0.05, 0.1) is 16.4 Å². The molecule has 154 valence electrons. The number of pyridine rings is 1. The highest BCUT2D eigenvalue weighted by Gasteiger charge is 2.24. The van der Waals surface area contributed by atoms with Crippen LogP contribution in [0, 0.1) is 0 Å². The third kappa shape index (κ3) is 3.79. The molecule has 1 aliphatic heterocycles. The first kappa shape index (κ1) is 19.7. The molecule has 0 bridgehead atoms. The second-order valence-corrected chi connectivity index (χ2v) is 8.61. The number of aromatic nitrogens is 3. The largest absolute Gasteiger partial charge is 0.390 e. The van der Waals surface area contributed by atoms with Gasteiger partial charge in [-0.05, 0) is 37.3 Å². The van der Waals surface area contributed by atoms with Gasteiger partial charge in [0.2, 0.25) is 0 Å². The molecule has 1 aliphatic rings. The molecule has 3 aromatic rings. The van der Waals surface area contributed by atoms with Crippen molar-refractivity contribution >= 4 is 44.0 Å². The lowest BCUT2D eigenvalue weighted by atomic mass is 10.1. The summed E-state index contributed by atoms with van der Waals surface area (Å²) in [6.07, 6.45) is 7.34. The summed E-state index contributed by atoms with van der Waals surface area (Å²) >= 11 is 1.40. The quantitative estimate of drug-likeness (QED) is 0.606. The molecule has 0 unspecified atom stereocenters. The zero-order valence-electron chi connectivity index (χ0n) is 16.8. The third-order valence-electron chi connectivity index (χ3n) is 5.48. The maximum Gasteiger partial charge on any atom is 0.261 e. The summed E-state index contributed by atoms with van der Waals surface area (Å²) in [5.41, 5.74) is 15.2. The first-order valence-electron chi connectivity index (χ1n) is 9.98. The molecule has 1 amide bonds. The fraction of sp³-hybridized carbons (Fsp3) is 0.450. The minimum absolute atomic E-state index is 0.224. The fourth-order valence-electron chi connectivity index (χ4n) is 3.86. The SMILES string of the molecule is CCc1cnc2c(C(=O)Nc3cnn(C)c3N3CCC[C@@H](N)CC3)c(N)sc2c1. The highest BCUT2D eigenvalue weighted by Crippen LogP contribution is 2.34.